The Balaban J connectivity index is 2.35. The second kappa shape index (κ2) is 8.49. The van der Waals surface area contributed by atoms with Crippen molar-refractivity contribution >= 4 is 11.7 Å². The molecule has 1 aliphatic heterocycles. The van der Waals surface area contributed by atoms with E-state index in [2.05, 4.69) is 0 Å². The van der Waals surface area contributed by atoms with E-state index in [1.165, 1.54) is 0 Å². The molecule has 0 saturated heterocycles. The lowest BCUT2D eigenvalue weighted by atomic mass is 9.90. The summed E-state index contributed by atoms with van der Waals surface area (Å²) in [7, 11) is 0. The Morgan fingerprint density at radius 1 is 1.27 bits per heavy atom. The molecular weight excluding hydrogens is 330 g/mol. The average Bonchev–Trinajstić information content (AvgIpc) is 2.82. The van der Waals surface area contributed by atoms with Gasteiger partial charge in [-0.1, -0.05) is 43.7 Å². The van der Waals surface area contributed by atoms with Crippen molar-refractivity contribution in [1.82, 2.24) is 4.90 Å². The highest BCUT2D eigenvalue weighted by atomic mass is 16.5. The summed E-state index contributed by atoms with van der Waals surface area (Å²) >= 11 is 0. The zero-order chi connectivity index (χ0) is 19.4. The lowest BCUT2D eigenvalue weighted by molar-refractivity contribution is -0.129. The molecular formula is C21H29NO4. The Morgan fingerprint density at radius 2 is 1.96 bits per heavy atom. The van der Waals surface area contributed by atoms with Gasteiger partial charge in [-0.3, -0.25) is 9.59 Å². The van der Waals surface area contributed by atoms with E-state index in [9.17, 15) is 14.7 Å². The van der Waals surface area contributed by atoms with Crippen LogP contribution in [0, 0.1) is 12.8 Å². The number of carbonyl (C=O) groups excluding carboxylic acids is 2. The summed E-state index contributed by atoms with van der Waals surface area (Å²) in [5.41, 5.74) is 2.09. The third-order valence-electron chi connectivity index (χ3n) is 4.45. The zero-order valence-electron chi connectivity index (χ0n) is 16.3. The van der Waals surface area contributed by atoms with Gasteiger partial charge < -0.3 is 14.7 Å². The van der Waals surface area contributed by atoms with Crippen LogP contribution in [0.25, 0.3) is 0 Å². The highest BCUT2D eigenvalue weighted by molar-refractivity contribution is 6.09. The minimum atomic E-state index is -0.545. The molecule has 0 bridgehead atoms. The Kier molecular flexibility index (Phi) is 6.59. The number of rotatable bonds is 8. The summed E-state index contributed by atoms with van der Waals surface area (Å²) in [6, 6.07) is 7.18. The fourth-order valence-electron chi connectivity index (χ4n) is 3.19. The zero-order valence-corrected chi connectivity index (χ0v) is 16.3. The monoisotopic (exact) mass is 359 g/mol. The highest BCUT2D eigenvalue weighted by Gasteiger charge is 2.43. The van der Waals surface area contributed by atoms with Crippen molar-refractivity contribution in [3.63, 3.8) is 0 Å². The summed E-state index contributed by atoms with van der Waals surface area (Å²) in [5.74, 6) is -1.38. The van der Waals surface area contributed by atoms with Gasteiger partial charge in [-0.15, -0.1) is 0 Å². The number of aliphatic hydroxyl groups excluding tert-OH is 1. The molecule has 2 rings (SSSR count). The molecule has 1 aromatic rings. The lowest BCUT2D eigenvalue weighted by Gasteiger charge is -2.27. The smallest absolute Gasteiger partial charge is 0.290 e. The van der Waals surface area contributed by atoms with Gasteiger partial charge in [0.1, 0.15) is 0 Å². The Labute approximate surface area is 155 Å². The molecule has 5 nitrogen and oxygen atoms in total. The first-order chi connectivity index (χ1) is 12.2. The first-order valence-electron chi connectivity index (χ1n) is 9.20. The van der Waals surface area contributed by atoms with Crippen LogP contribution in [0.1, 0.15) is 51.3 Å². The van der Waals surface area contributed by atoms with Gasteiger partial charge >= 0.3 is 0 Å². The van der Waals surface area contributed by atoms with Crippen LogP contribution in [-0.2, 0) is 14.3 Å². The van der Waals surface area contributed by atoms with E-state index in [0.717, 1.165) is 11.1 Å². The van der Waals surface area contributed by atoms with Crippen LogP contribution in [0.4, 0.5) is 0 Å². The number of aliphatic hydroxyl groups is 1. The van der Waals surface area contributed by atoms with E-state index in [4.69, 9.17) is 4.74 Å². The predicted octanol–water partition coefficient (Wildman–Crippen LogP) is 3.73. The average molecular weight is 359 g/mol. The first-order valence-corrected chi connectivity index (χ1v) is 9.20. The van der Waals surface area contributed by atoms with Crippen molar-refractivity contribution in [2.75, 3.05) is 13.2 Å². The maximum Gasteiger partial charge on any atom is 0.290 e. The highest BCUT2D eigenvalue weighted by Crippen LogP contribution is 2.39. The van der Waals surface area contributed by atoms with E-state index in [1.54, 1.807) is 18.7 Å². The number of hydrogen-bond donors (Lipinski definition) is 1. The fraction of sp³-hybridized carbons (Fsp3) is 0.524. The van der Waals surface area contributed by atoms with Crippen LogP contribution in [0.3, 0.4) is 0 Å². The van der Waals surface area contributed by atoms with Gasteiger partial charge in [0, 0.05) is 19.1 Å². The van der Waals surface area contributed by atoms with Gasteiger partial charge in [0.25, 0.3) is 5.91 Å². The van der Waals surface area contributed by atoms with Crippen molar-refractivity contribution in [1.29, 1.82) is 0 Å². The SMILES string of the molecule is Cc1cccc(C2C(C(=O)C(C)C)=C(O)C(=O)N2CCCOC(C)C)c1. The molecule has 0 fully saturated rings. The quantitative estimate of drug-likeness (QED) is 0.718. The molecule has 1 N–H and O–H groups in total. The van der Waals surface area contributed by atoms with E-state index in [1.807, 2.05) is 45.0 Å². The number of benzene rings is 1. The number of ether oxygens (including phenoxy) is 1. The minimum absolute atomic E-state index is 0.126. The van der Waals surface area contributed by atoms with Gasteiger partial charge in [0.15, 0.2) is 11.5 Å². The summed E-state index contributed by atoms with van der Waals surface area (Å²) < 4.78 is 5.56. The van der Waals surface area contributed by atoms with Crippen LogP contribution >= 0.6 is 0 Å². The molecule has 1 unspecified atom stereocenters. The molecule has 5 heteroatoms. The predicted molar refractivity (Wildman–Crippen MR) is 101 cm³/mol. The third kappa shape index (κ3) is 4.33. The van der Waals surface area contributed by atoms with Crippen LogP contribution in [0.15, 0.2) is 35.6 Å². The number of aryl methyl sites for hydroxylation is 1. The summed E-state index contributed by atoms with van der Waals surface area (Å²) in [4.78, 5) is 27.0. The van der Waals surface area contributed by atoms with E-state index >= 15 is 0 Å². The molecule has 142 valence electrons. The maximum absolute atomic E-state index is 12.7. The standard InChI is InChI=1S/C21H29NO4/c1-13(2)19(23)17-18(16-9-6-8-15(5)12-16)22(21(25)20(17)24)10-7-11-26-14(3)4/h6,8-9,12-14,18,24H,7,10-11H2,1-5H3. The molecule has 1 amide bonds. The molecule has 0 aromatic heterocycles. The summed E-state index contributed by atoms with van der Waals surface area (Å²) in [5, 5.41) is 10.4. The number of amides is 1. The third-order valence-corrected chi connectivity index (χ3v) is 4.45. The summed E-state index contributed by atoms with van der Waals surface area (Å²) in [6.45, 7) is 10.4. The van der Waals surface area contributed by atoms with Crippen molar-refractivity contribution < 1.29 is 19.4 Å². The second-order valence-corrected chi connectivity index (χ2v) is 7.37. The number of Topliss-reactive ketones (excluding diaryl/α,β-unsaturated/α-hetero) is 1. The number of ketones is 1. The van der Waals surface area contributed by atoms with Gasteiger partial charge in [-0.2, -0.15) is 0 Å². The molecule has 26 heavy (non-hydrogen) atoms. The van der Waals surface area contributed by atoms with Crippen LogP contribution in [0.5, 0.6) is 0 Å². The molecule has 1 heterocycles. The fourth-order valence-corrected chi connectivity index (χ4v) is 3.19. The van der Waals surface area contributed by atoms with Gasteiger partial charge in [-0.25, -0.2) is 0 Å². The number of carbonyl (C=O) groups is 2. The Morgan fingerprint density at radius 3 is 2.54 bits per heavy atom. The minimum Gasteiger partial charge on any atom is -0.503 e. The largest absolute Gasteiger partial charge is 0.503 e. The van der Waals surface area contributed by atoms with Crippen LogP contribution in [-0.4, -0.2) is 41.0 Å². The molecule has 0 spiro atoms. The Bertz CT molecular complexity index is 706. The topological polar surface area (TPSA) is 66.8 Å². The second-order valence-electron chi connectivity index (χ2n) is 7.37. The normalized spacial score (nSPS) is 17.7. The van der Waals surface area contributed by atoms with E-state index < -0.39 is 17.7 Å². The van der Waals surface area contributed by atoms with E-state index in [-0.39, 0.29) is 23.4 Å². The summed E-state index contributed by atoms with van der Waals surface area (Å²) in [6.07, 6.45) is 0.768. The van der Waals surface area contributed by atoms with Gasteiger partial charge in [0.05, 0.1) is 17.7 Å². The molecule has 1 aliphatic rings. The van der Waals surface area contributed by atoms with E-state index in [0.29, 0.717) is 19.6 Å². The first kappa shape index (κ1) is 20.2. The molecule has 1 aromatic carbocycles. The van der Waals surface area contributed by atoms with Gasteiger partial charge in [0.2, 0.25) is 0 Å². The van der Waals surface area contributed by atoms with Crippen LogP contribution in [0.2, 0.25) is 0 Å². The van der Waals surface area contributed by atoms with Crippen molar-refractivity contribution in [2.45, 2.75) is 53.2 Å². The maximum atomic E-state index is 12.7. The van der Waals surface area contributed by atoms with Crippen LogP contribution < -0.4 is 0 Å². The van der Waals surface area contributed by atoms with Crippen molar-refractivity contribution in [2.24, 2.45) is 5.92 Å². The number of hydrogen-bond acceptors (Lipinski definition) is 4. The molecule has 0 aliphatic carbocycles. The molecule has 0 saturated carbocycles. The lowest BCUT2D eigenvalue weighted by Crippen LogP contribution is -2.33. The molecule has 0 radical (unpaired) electrons. The number of nitrogens with zero attached hydrogens (tertiary/aromatic N) is 1. The van der Waals surface area contributed by atoms with Crippen molar-refractivity contribution in [3.05, 3.63) is 46.7 Å². The van der Waals surface area contributed by atoms with Gasteiger partial charge in [-0.05, 0) is 32.8 Å². The molecule has 1 atom stereocenters. The van der Waals surface area contributed by atoms with Crippen molar-refractivity contribution in [3.8, 4) is 0 Å². The Hall–Kier alpha value is -2.14.